The van der Waals surface area contributed by atoms with Gasteiger partial charge in [-0.05, 0) is 17.7 Å². The molecule has 0 aliphatic carbocycles. The summed E-state index contributed by atoms with van der Waals surface area (Å²) in [4.78, 5) is 23.4. The number of nitrogens with one attached hydrogen (secondary N) is 1. The van der Waals surface area contributed by atoms with Crippen LogP contribution in [-0.2, 0) is 10.9 Å². The number of halogens is 3. The predicted molar refractivity (Wildman–Crippen MR) is 116 cm³/mol. The number of benzene rings is 2. The highest BCUT2D eigenvalue weighted by Crippen LogP contribution is 2.31. The van der Waals surface area contributed by atoms with Crippen LogP contribution >= 0.6 is 0 Å². The third kappa shape index (κ3) is 5.74. The molecule has 1 atom stereocenters. The summed E-state index contributed by atoms with van der Waals surface area (Å²) in [5.74, 6) is 0.169. The molecule has 9 heteroatoms. The number of ether oxygens (including phenoxy) is 1. The molecule has 172 valence electrons. The largest absolute Gasteiger partial charge is 0.416 e. The topological polar surface area (TPSA) is 67.4 Å². The number of rotatable bonds is 6. The first-order valence-corrected chi connectivity index (χ1v) is 10.6. The molecule has 1 aliphatic rings. The van der Waals surface area contributed by atoms with E-state index in [4.69, 9.17) is 4.74 Å². The molecule has 0 saturated carbocycles. The fraction of sp³-hybridized carbons (Fsp3) is 0.292. The van der Waals surface area contributed by atoms with Gasteiger partial charge in [0.2, 0.25) is 0 Å². The van der Waals surface area contributed by atoms with Crippen LogP contribution in [-0.4, -0.2) is 53.6 Å². The summed E-state index contributed by atoms with van der Waals surface area (Å²) >= 11 is 0. The van der Waals surface area contributed by atoms with E-state index >= 15 is 0 Å². The van der Waals surface area contributed by atoms with Crippen molar-refractivity contribution >= 4 is 5.91 Å². The van der Waals surface area contributed by atoms with Crippen molar-refractivity contribution in [3.05, 3.63) is 83.7 Å². The number of amides is 1. The second kappa shape index (κ2) is 10.1. The number of alkyl halides is 3. The molecule has 0 radical (unpaired) electrons. The van der Waals surface area contributed by atoms with Gasteiger partial charge in [-0.25, -0.2) is 9.97 Å². The fourth-order valence-electron chi connectivity index (χ4n) is 3.71. The van der Waals surface area contributed by atoms with E-state index in [-0.39, 0.29) is 18.5 Å². The number of carbonyl (C=O) groups excluding carboxylic acids is 1. The van der Waals surface area contributed by atoms with E-state index in [0.717, 1.165) is 17.7 Å². The molecule has 3 aromatic rings. The number of hydrogen-bond acceptors (Lipinski definition) is 5. The van der Waals surface area contributed by atoms with Gasteiger partial charge in [-0.3, -0.25) is 9.69 Å². The molecule has 1 N–H and O–H groups in total. The number of carbonyl (C=O) groups is 1. The third-order valence-electron chi connectivity index (χ3n) is 5.51. The van der Waals surface area contributed by atoms with Crippen molar-refractivity contribution in [3.8, 4) is 11.4 Å². The average molecular weight is 456 g/mol. The predicted octanol–water partition coefficient (Wildman–Crippen LogP) is 3.97. The van der Waals surface area contributed by atoms with Gasteiger partial charge in [0, 0.05) is 37.6 Å². The number of nitrogens with zero attached hydrogens (tertiary/aromatic N) is 3. The maximum Gasteiger partial charge on any atom is 0.416 e. The minimum atomic E-state index is -4.40. The van der Waals surface area contributed by atoms with Crippen LogP contribution in [0.25, 0.3) is 11.4 Å². The van der Waals surface area contributed by atoms with E-state index in [2.05, 4.69) is 20.2 Å². The molecule has 4 rings (SSSR count). The number of aromatic nitrogens is 2. The Morgan fingerprint density at radius 3 is 2.24 bits per heavy atom. The van der Waals surface area contributed by atoms with Gasteiger partial charge in [0.25, 0.3) is 5.91 Å². The Bertz CT molecular complexity index is 1050. The molecule has 2 heterocycles. The van der Waals surface area contributed by atoms with E-state index < -0.39 is 11.7 Å². The molecule has 1 aliphatic heterocycles. The highest BCUT2D eigenvalue weighted by Gasteiger charge is 2.31. The Kier molecular flexibility index (Phi) is 7.00. The maximum atomic E-state index is 13.0. The Hall–Kier alpha value is -3.30. The number of morpholine rings is 1. The lowest BCUT2D eigenvalue weighted by molar-refractivity contribution is -0.137. The zero-order chi connectivity index (χ0) is 23.3. The van der Waals surface area contributed by atoms with E-state index in [9.17, 15) is 18.0 Å². The summed E-state index contributed by atoms with van der Waals surface area (Å²) in [6, 6.07) is 14.2. The molecule has 2 aromatic carbocycles. The third-order valence-corrected chi connectivity index (χ3v) is 5.51. The molecule has 1 fully saturated rings. The average Bonchev–Trinajstić information content (AvgIpc) is 2.85. The summed E-state index contributed by atoms with van der Waals surface area (Å²) in [7, 11) is 0. The van der Waals surface area contributed by atoms with Crippen molar-refractivity contribution in [2.75, 3.05) is 32.8 Å². The van der Waals surface area contributed by atoms with Gasteiger partial charge in [-0.2, -0.15) is 13.2 Å². The zero-order valence-corrected chi connectivity index (χ0v) is 17.8. The quantitative estimate of drug-likeness (QED) is 0.608. The number of hydrogen-bond donors (Lipinski definition) is 1. The van der Waals surface area contributed by atoms with E-state index in [0.29, 0.717) is 43.3 Å². The maximum absolute atomic E-state index is 13.0. The van der Waals surface area contributed by atoms with Crippen molar-refractivity contribution < 1.29 is 22.7 Å². The zero-order valence-electron chi connectivity index (χ0n) is 17.8. The second-order valence-electron chi connectivity index (χ2n) is 7.66. The van der Waals surface area contributed by atoms with Crippen molar-refractivity contribution in [2.24, 2.45) is 0 Å². The molecule has 1 amide bonds. The summed E-state index contributed by atoms with van der Waals surface area (Å²) in [6.45, 7) is 2.53. The first kappa shape index (κ1) is 22.9. The van der Waals surface area contributed by atoms with Gasteiger partial charge < -0.3 is 10.1 Å². The lowest BCUT2D eigenvalue weighted by Gasteiger charge is -2.35. The van der Waals surface area contributed by atoms with Crippen LogP contribution in [0.4, 0.5) is 13.2 Å². The first-order chi connectivity index (χ1) is 15.9. The van der Waals surface area contributed by atoms with Crippen LogP contribution in [0.3, 0.4) is 0 Å². The van der Waals surface area contributed by atoms with E-state index in [1.165, 1.54) is 24.5 Å². The summed E-state index contributed by atoms with van der Waals surface area (Å²) in [6.07, 6.45) is -1.47. The van der Waals surface area contributed by atoms with E-state index in [1.54, 1.807) is 0 Å². The molecule has 0 bridgehead atoms. The minimum absolute atomic E-state index is 0.227. The van der Waals surface area contributed by atoms with Crippen molar-refractivity contribution in [2.45, 2.75) is 12.2 Å². The van der Waals surface area contributed by atoms with Gasteiger partial charge in [0.15, 0.2) is 5.82 Å². The van der Waals surface area contributed by atoms with Gasteiger partial charge in [0.1, 0.15) is 0 Å². The molecule has 1 unspecified atom stereocenters. The fourth-order valence-corrected chi connectivity index (χ4v) is 3.71. The lowest BCUT2D eigenvalue weighted by atomic mass is 10.0. The highest BCUT2D eigenvalue weighted by atomic mass is 19.4. The Morgan fingerprint density at radius 1 is 1.00 bits per heavy atom. The highest BCUT2D eigenvalue weighted by molar-refractivity contribution is 5.93. The summed E-state index contributed by atoms with van der Waals surface area (Å²) in [5.41, 5.74) is 1.15. The van der Waals surface area contributed by atoms with Crippen LogP contribution in [0.15, 0.2) is 67.0 Å². The van der Waals surface area contributed by atoms with E-state index in [1.807, 2.05) is 30.3 Å². The molecule has 6 nitrogen and oxygen atoms in total. The molecule has 33 heavy (non-hydrogen) atoms. The van der Waals surface area contributed by atoms with Crippen LogP contribution in [0.5, 0.6) is 0 Å². The van der Waals surface area contributed by atoms with Crippen LogP contribution in [0, 0.1) is 0 Å². The van der Waals surface area contributed by atoms with Gasteiger partial charge in [0.05, 0.1) is 30.4 Å². The van der Waals surface area contributed by atoms with Crippen molar-refractivity contribution in [1.82, 2.24) is 20.2 Å². The summed E-state index contributed by atoms with van der Waals surface area (Å²) in [5, 5.41) is 2.88. The van der Waals surface area contributed by atoms with Crippen LogP contribution < -0.4 is 5.32 Å². The summed E-state index contributed by atoms with van der Waals surface area (Å²) < 4.78 is 44.3. The van der Waals surface area contributed by atoms with Gasteiger partial charge >= 0.3 is 6.18 Å². The minimum Gasteiger partial charge on any atom is -0.379 e. The smallest absolute Gasteiger partial charge is 0.379 e. The normalized spacial score (nSPS) is 15.7. The molecular weight excluding hydrogens is 433 g/mol. The van der Waals surface area contributed by atoms with Crippen LogP contribution in [0.1, 0.15) is 27.5 Å². The molecule has 0 spiro atoms. The standard InChI is InChI=1S/C24H23F3N4O2/c25-24(26,27)20-8-6-17(7-9-20)21(31-10-12-33-13-11-31)16-30-23(32)19-14-28-22(29-15-19)18-4-2-1-3-5-18/h1-9,14-15,21H,10-13,16H2,(H,30,32). The Labute approximate surface area is 189 Å². The Morgan fingerprint density at radius 2 is 1.64 bits per heavy atom. The SMILES string of the molecule is O=C(NCC(c1ccc(C(F)(F)F)cc1)N1CCOCC1)c1cnc(-c2ccccc2)nc1. The van der Waals surface area contributed by atoms with Gasteiger partial charge in [-0.1, -0.05) is 42.5 Å². The second-order valence-corrected chi connectivity index (χ2v) is 7.66. The first-order valence-electron chi connectivity index (χ1n) is 10.6. The molecule has 1 saturated heterocycles. The monoisotopic (exact) mass is 456 g/mol. The van der Waals surface area contributed by atoms with Gasteiger partial charge in [-0.15, -0.1) is 0 Å². The molecule has 1 aromatic heterocycles. The molecular formula is C24H23F3N4O2. The Balaban J connectivity index is 1.46. The van der Waals surface area contributed by atoms with Crippen LogP contribution in [0.2, 0.25) is 0 Å². The lowest BCUT2D eigenvalue weighted by Crippen LogP contribution is -2.43. The van der Waals surface area contributed by atoms with Crippen molar-refractivity contribution in [1.29, 1.82) is 0 Å². The van der Waals surface area contributed by atoms with Crippen molar-refractivity contribution in [3.63, 3.8) is 0 Å².